The number of amides is 2. The minimum atomic E-state index is -0.0175. The van der Waals surface area contributed by atoms with Gasteiger partial charge in [-0.25, -0.2) is 0 Å². The molecule has 2 atom stereocenters. The summed E-state index contributed by atoms with van der Waals surface area (Å²) in [5, 5.41) is 6.27. The number of likely N-dealkylation sites (tertiary alicyclic amines) is 1. The number of halogens is 1. The molecular weight excluding hydrogens is 314 g/mol. The van der Waals surface area contributed by atoms with Gasteiger partial charge in [-0.15, -0.1) is 12.4 Å². The van der Waals surface area contributed by atoms with E-state index in [-0.39, 0.29) is 30.3 Å². The quantitative estimate of drug-likeness (QED) is 0.749. The number of piperidine rings is 1. The first kappa shape index (κ1) is 20.0. The molecule has 0 aromatic heterocycles. The fourth-order valence-electron chi connectivity index (χ4n) is 3.34. The number of allylic oxidation sites excluding steroid dienone is 1. The Balaban J connectivity index is 0.00000264. The van der Waals surface area contributed by atoms with Gasteiger partial charge in [0.15, 0.2) is 0 Å². The summed E-state index contributed by atoms with van der Waals surface area (Å²) in [5.74, 6) is 0.635. The van der Waals surface area contributed by atoms with E-state index in [1.165, 1.54) is 0 Å². The van der Waals surface area contributed by atoms with Crippen LogP contribution in [0.15, 0.2) is 11.6 Å². The molecule has 0 aliphatic carbocycles. The van der Waals surface area contributed by atoms with Gasteiger partial charge in [0.05, 0.1) is 6.04 Å². The summed E-state index contributed by atoms with van der Waals surface area (Å²) in [6.07, 6.45) is 6.99. The average molecular weight is 344 g/mol. The van der Waals surface area contributed by atoms with Gasteiger partial charge in [-0.1, -0.05) is 13.0 Å². The topological polar surface area (TPSA) is 61.4 Å². The van der Waals surface area contributed by atoms with Gasteiger partial charge in [0.2, 0.25) is 11.8 Å². The molecule has 0 spiro atoms. The second-order valence-electron chi connectivity index (χ2n) is 6.45. The van der Waals surface area contributed by atoms with Crippen LogP contribution in [0.4, 0.5) is 0 Å². The Labute approximate surface area is 145 Å². The van der Waals surface area contributed by atoms with Crippen molar-refractivity contribution in [3.05, 3.63) is 11.6 Å². The minimum absolute atomic E-state index is 0. The van der Waals surface area contributed by atoms with Gasteiger partial charge in [-0.2, -0.15) is 0 Å². The lowest BCUT2D eigenvalue weighted by Gasteiger charge is -2.33. The van der Waals surface area contributed by atoms with E-state index in [0.29, 0.717) is 12.5 Å². The molecule has 2 rings (SSSR count). The Bertz CT molecular complexity index is 434. The van der Waals surface area contributed by atoms with Crippen molar-refractivity contribution in [3.8, 4) is 0 Å². The molecule has 0 radical (unpaired) electrons. The van der Waals surface area contributed by atoms with Crippen LogP contribution in [0, 0.1) is 5.92 Å². The monoisotopic (exact) mass is 343 g/mol. The van der Waals surface area contributed by atoms with E-state index in [0.717, 1.165) is 57.3 Å². The van der Waals surface area contributed by atoms with Gasteiger partial charge in [0, 0.05) is 25.2 Å². The molecule has 2 saturated heterocycles. The molecule has 6 heteroatoms. The second kappa shape index (κ2) is 9.93. The first-order valence-electron chi connectivity index (χ1n) is 8.59. The molecule has 2 aliphatic heterocycles. The Morgan fingerprint density at radius 2 is 2.09 bits per heavy atom. The van der Waals surface area contributed by atoms with Crippen LogP contribution in [0.2, 0.25) is 0 Å². The van der Waals surface area contributed by atoms with E-state index in [2.05, 4.69) is 10.6 Å². The van der Waals surface area contributed by atoms with Crippen molar-refractivity contribution in [1.82, 2.24) is 15.5 Å². The summed E-state index contributed by atoms with van der Waals surface area (Å²) in [4.78, 5) is 26.3. The largest absolute Gasteiger partial charge is 0.354 e. The molecule has 2 heterocycles. The Morgan fingerprint density at radius 1 is 1.30 bits per heavy atom. The molecule has 132 valence electrons. The van der Waals surface area contributed by atoms with Crippen LogP contribution >= 0.6 is 12.4 Å². The van der Waals surface area contributed by atoms with Crippen LogP contribution in [0.1, 0.15) is 46.0 Å². The first-order valence-corrected chi connectivity index (χ1v) is 8.59. The lowest BCUT2D eigenvalue weighted by atomic mass is 9.97. The molecular formula is C17H30ClN3O2. The van der Waals surface area contributed by atoms with E-state index in [1.54, 1.807) is 0 Å². The normalized spacial score (nSPS) is 25.0. The van der Waals surface area contributed by atoms with E-state index in [4.69, 9.17) is 0 Å². The molecule has 2 amide bonds. The predicted octanol–water partition coefficient (Wildman–Crippen LogP) is 1.87. The number of nitrogens with zero attached hydrogens (tertiary/aromatic N) is 1. The van der Waals surface area contributed by atoms with Gasteiger partial charge < -0.3 is 15.5 Å². The molecule has 0 aromatic carbocycles. The Hall–Kier alpha value is -1.07. The van der Waals surface area contributed by atoms with Crippen molar-refractivity contribution in [2.75, 3.05) is 26.2 Å². The Morgan fingerprint density at radius 3 is 2.74 bits per heavy atom. The Kier molecular flexibility index (Phi) is 8.63. The maximum Gasteiger partial charge on any atom is 0.249 e. The van der Waals surface area contributed by atoms with E-state index in [9.17, 15) is 9.59 Å². The number of rotatable bonds is 5. The third-order valence-electron chi connectivity index (χ3n) is 4.60. The summed E-state index contributed by atoms with van der Waals surface area (Å²) in [5.41, 5.74) is 0.836. The van der Waals surface area contributed by atoms with Gasteiger partial charge in [-0.05, 0) is 51.5 Å². The van der Waals surface area contributed by atoms with Crippen molar-refractivity contribution in [2.24, 2.45) is 5.92 Å². The predicted molar refractivity (Wildman–Crippen MR) is 94.6 cm³/mol. The molecule has 23 heavy (non-hydrogen) atoms. The van der Waals surface area contributed by atoms with Crippen LogP contribution in [0.5, 0.6) is 0 Å². The first-order chi connectivity index (χ1) is 10.6. The standard InChI is InChI=1S/C17H29N3O2.ClH/c1-3-6-13(2)17(22)20-10-5-7-14(12-20)11-19-16(21)15-8-4-9-18-15;/h6,14-15,18H,3-5,7-12H2,1-2H3,(H,19,21);1H/b13-6-;. The third kappa shape index (κ3) is 5.81. The van der Waals surface area contributed by atoms with Crippen LogP contribution in [-0.2, 0) is 9.59 Å². The van der Waals surface area contributed by atoms with E-state index >= 15 is 0 Å². The maximum atomic E-state index is 12.3. The van der Waals surface area contributed by atoms with Crippen molar-refractivity contribution in [2.45, 2.75) is 52.0 Å². The van der Waals surface area contributed by atoms with Crippen LogP contribution < -0.4 is 10.6 Å². The highest BCUT2D eigenvalue weighted by Crippen LogP contribution is 2.18. The zero-order chi connectivity index (χ0) is 15.9. The second-order valence-corrected chi connectivity index (χ2v) is 6.45. The van der Waals surface area contributed by atoms with Gasteiger partial charge >= 0.3 is 0 Å². The zero-order valence-electron chi connectivity index (χ0n) is 14.3. The van der Waals surface area contributed by atoms with Gasteiger partial charge in [0.1, 0.15) is 0 Å². The highest BCUT2D eigenvalue weighted by atomic mass is 35.5. The summed E-state index contributed by atoms with van der Waals surface area (Å²) in [6, 6.07) is -0.0175. The van der Waals surface area contributed by atoms with Crippen molar-refractivity contribution in [3.63, 3.8) is 0 Å². The number of nitrogens with one attached hydrogen (secondary N) is 2. The highest BCUT2D eigenvalue weighted by Gasteiger charge is 2.26. The van der Waals surface area contributed by atoms with Gasteiger partial charge in [-0.3, -0.25) is 9.59 Å². The third-order valence-corrected chi connectivity index (χ3v) is 4.60. The van der Waals surface area contributed by atoms with Crippen LogP contribution in [0.3, 0.4) is 0 Å². The fourth-order valence-corrected chi connectivity index (χ4v) is 3.34. The molecule has 2 fully saturated rings. The molecule has 2 aliphatic rings. The zero-order valence-corrected chi connectivity index (χ0v) is 15.1. The smallest absolute Gasteiger partial charge is 0.249 e. The van der Waals surface area contributed by atoms with Crippen LogP contribution in [-0.4, -0.2) is 48.9 Å². The molecule has 0 aromatic rings. The number of carbonyl (C=O) groups excluding carboxylic acids is 2. The molecule has 2 N–H and O–H groups in total. The number of carbonyl (C=O) groups is 2. The fraction of sp³-hybridized carbons (Fsp3) is 0.765. The molecule has 0 bridgehead atoms. The summed E-state index contributed by atoms with van der Waals surface area (Å²) in [7, 11) is 0. The maximum absolute atomic E-state index is 12.3. The summed E-state index contributed by atoms with van der Waals surface area (Å²) < 4.78 is 0. The molecule has 2 unspecified atom stereocenters. The van der Waals surface area contributed by atoms with Crippen LogP contribution in [0.25, 0.3) is 0 Å². The van der Waals surface area contributed by atoms with Crippen molar-refractivity contribution < 1.29 is 9.59 Å². The summed E-state index contributed by atoms with van der Waals surface area (Å²) >= 11 is 0. The molecule has 0 saturated carbocycles. The average Bonchev–Trinajstić information content (AvgIpc) is 3.07. The lowest BCUT2D eigenvalue weighted by molar-refractivity contribution is -0.128. The van der Waals surface area contributed by atoms with Crippen molar-refractivity contribution >= 4 is 24.2 Å². The highest BCUT2D eigenvalue weighted by molar-refractivity contribution is 5.92. The van der Waals surface area contributed by atoms with E-state index in [1.807, 2.05) is 24.8 Å². The summed E-state index contributed by atoms with van der Waals surface area (Å²) in [6.45, 7) is 7.14. The number of hydrogen-bond donors (Lipinski definition) is 2. The SMILES string of the molecule is CC/C=C(/C)C(=O)N1CCCC(CNC(=O)C2CCCN2)C1.Cl. The van der Waals surface area contributed by atoms with Gasteiger partial charge in [0.25, 0.3) is 0 Å². The number of hydrogen-bond acceptors (Lipinski definition) is 3. The van der Waals surface area contributed by atoms with E-state index < -0.39 is 0 Å². The van der Waals surface area contributed by atoms with Crippen molar-refractivity contribution in [1.29, 1.82) is 0 Å². The lowest BCUT2D eigenvalue weighted by Crippen LogP contribution is -2.46. The minimum Gasteiger partial charge on any atom is -0.354 e. The molecule has 5 nitrogen and oxygen atoms in total.